The smallest absolute Gasteiger partial charge is 0.257 e. The van der Waals surface area contributed by atoms with E-state index >= 15 is 0 Å². The van der Waals surface area contributed by atoms with E-state index in [-0.39, 0.29) is 17.8 Å². The Bertz CT molecular complexity index is 921. The zero-order chi connectivity index (χ0) is 19.1. The van der Waals surface area contributed by atoms with Crippen LogP contribution < -0.4 is 5.73 Å². The van der Waals surface area contributed by atoms with Crippen LogP contribution in [0.25, 0.3) is 22.8 Å². The molecule has 0 amide bonds. The largest absolute Gasteiger partial charge is 0.339 e. The summed E-state index contributed by atoms with van der Waals surface area (Å²) in [5, 5.41) is 8.20. The van der Waals surface area contributed by atoms with Gasteiger partial charge in [-0.15, -0.1) is 12.4 Å². The molecule has 2 N–H and O–H groups in total. The van der Waals surface area contributed by atoms with Gasteiger partial charge >= 0.3 is 0 Å². The van der Waals surface area contributed by atoms with Crippen LogP contribution in [0.15, 0.2) is 33.3 Å². The topological polar surface area (TPSA) is 104 Å². The van der Waals surface area contributed by atoms with Crippen LogP contribution in [-0.2, 0) is 12.0 Å². The van der Waals surface area contributed by atoms with Crippen molar-refractivity contribution < 1.29 is 9.05 Å². The van der Waals surface area contributed by atoms with Crippen LogP contribution in [0, 0.1) is 5.41 Å². The molecule has 0 bridgehead atoms. The molecular formula is C20H26ClN5O2. The monoisotopic (exact) mass is 403 g/mol. The zero-order valence-corrected chi connectivity index (χ0v) is 17.3. The van der Waals surface area contributed by atoms with Crippen LogP contribution in [-0.4, -0.2) is 20.3 Å². The van der Waals surface area contributed by atoms with Gasteiger partial charge in [-0.2, -0.15) is 9.97 Å². The van der Waals surface area contributed by atoms with Crippen molar-refractivity contribution >= 4 is 12.4 Å². The molecule has 1 aromatic carbocycles. The number of hydrogen-bond acceptors (Lipinski definition) is 7. The molecule has 0 spiro atoms. The summed E-state index contributed by atoms with van der Waals surface area (Å²) in [4.78, 5) is 9.02. The minimum atomic E-state index is -0.449. The van der Waals surface area contributed by atoms with Gasteiger partial charge in [-0.05, 0) is 30.4 Å². The van der Waals surface area contributed by atoms with Crippen molar-refractivity contribution in [3.05, 3.63) is 36.0 Å². The molecular weight excluding hydrogens is 378 g/mol. The van der Waals surface area contributed by atoms with Crippen LogP contribution in [0.1, 0.15) is 58.2 Å². The molecule has 8 heteroatoms. The number of halogens is 1. The van der Waals surface area contributed by atoms with Crippen molar-refractivity contribution in [3.63, 3.8) is 0 Å². The molecule has 1 saturated carbocycles. The third-order valence-corrected chi connectivity index (χ3v) is 4.91. The highest BCUT2D eigenvalue weighted by atomic mass is 35.5. The molecule has 150 valence electrons. The lowest BCUT2D eigenvalue weighted by Crippen LogP contribution is -2.34. The molecule has 0 saturated heterocycles. The zero-order valence-electron chi connectivity index (χ0n) is 16.4. The Morgan fingerprint density at radius 2 is 1.61 bits per heavy atom. The third kappa shape index (κ3) is 4.25. The molecule has 0 atom stereocenters. The Kier molecular flexibility index (Phi) is 5.59. The van der Waals surface area contributed by atoms with Gasteiger partial charge in [0, 0.05) is 17.5 Å². The van der Waals surface area contributed by atoms with E-state index in [1.54, 1.807) is 0 Å². The van der Waals surface area contributed by atoms with E-state index in [1.165, 1.54) is 0 Å². The maximum Gasteiger partial charge on any atom is 0.257 e. The summed E-state index contributed by atoms with van der Waals surface area (Å²) in [6.07, 6.45) is 4.76. The predicted octanol–water partition coefficient (Wildman–Crippen LogP) is 4.53. The summed E-state index contributed by atoms with van der Waals surface area (Å²) in [5.74, 6) is 2.31. The van der Waals surface area contributed by atoms with Crippen LogP contribution in [0.4, 0.5) is 0 Å². The van der Waals surface area contributed by atoms with Crippen LogP contribution in [0.3, 0.4) is 0 Å². The van der Waals surface area contributed by atoms with Gasteiger partial charge in [-0.1, -0.05) is 56.1 Å². The molecule has 1 aliphatic rings. The van der Waals surface area contributed by atoms with Gasteiger partial charge < -0.3 is 14.8 Å². The SMILES string of the molecule is CC(C)(C)Cc1nc(-c2ccc(-c3nc(C4(N)CCCC4)no3)cc2)no1.Cl. The number of rotatable bonds is 4. The van der Waals surface area contributed by atoms with E-state index in [2.05, 4.69) is 41.1 Å². The number of nitrogens with two attached hydrogens (primary N) is 1. The molecule has 2 heterocycles. The summed E-state index contributed by atoms with van der Waals surface area (Å²) >= 11 is 0. The van der Waals surface area contributed by atoms with Gasteiger partial charge in [0.15, 0.2) is 5.82 Å². The highest BCUT2D eigenvalue weighted by molar-refractivity contribution is 5.85. The van der Waals surface area contributed by atoms with Gasteiger partial charge in [0.05, 0.1) is 5.54 Å². The minimum absolute atomic E-state index is 0. The molecule has 0 unspecified atom stereocenters. The molecule has 3 aromatic rings. The van der Waals surface area contributed by atoms with Crippen molar-refractivity contribution in [1.82, 2.24) is 20.3 Å². The summed E-state index contributed by atoms with van der Waals surface area (Å²) in [6.45, 7) is 6.42. The maximum atomic E-state index is 6.41. The lowest BCUT2D eigenvalue weighted by Gasteiger charge is -2.17. The third-order valence-electron chi connectivity index (χ3n) is 4.91. The molecule has 28 heavy (non-hydrogen) atoms. The van der Waals surface area contributed by atoms with E-state index in [0.29, 0.717) is 23.4 Å². The van der Waals surface area contributed by atoms with Gasteiger partial charge in [0.2, 0.25) is 11.7 Å². The summed E-state index contributed by atoms with van der Waals surface area (Å²) < 4.78 is 10.8. The first-order chi connectivity index (χ1) is 12.8. The second-order valence-corrected chi connectivity index (χ2v) is 8.61. The van der Waals surface area contributed by atoms with Crippen molar-refractivity contribution in [3.8, 4) is 22.8 Å². The van der Waals surface area contributed by atoms with Gasteiger partial charge in [-0.3, -0.25) is 0 Å². The first-order valence-electron chi connectivity index (χ1n) is 9.39. The van der Waals surface area contributed by atoms with E-state index in [9.17, 15) is 0 Å². The number of aromatic nitrogens is 4. The summed E-state index contributed by atoms with van der Waals surface area (Å²) in [7, 11) is 0. The van der Waals surface area contributed by atoms with Crippen molar-refractivity contribution in [2.75, 3.05) is 0 Å². The molecule has 4 rings (SSSR count). The Hall–Kier alpha value is -2.25. The van der Waals surface area contributed by atoms with Gasteiger partial charge in [-0.25, -0.2) is 0 Å². The van der Waals surface area contributed by atoms with E-state index < -0.39 is 5.54 Å². The quantitative estimate of drug-likeness (QED) is 0.682. The Labute approximate surface area is 170 Å². The lowest BCUT2D eigenvalue weighted by molar-refractivity contribution is 0.314. The Balaban J connectivity index is 0.00000225. The Morgan fingerprint density at radius 1 is 0.964 bits per heavy atom. The predicted molar refractivity (Wildman–Crippen MR) is 108 cm³/mol. The highest BCUT2D eigenvalue weighted by Crippen LogP contribution is 2.35. The normalized spacial score (nSPS) is 16.1. The lowest BCUT2D eigenvalue weighted by atomic mass is 9.92. The molecule has 7 nitrogen and oxygen atoms in total. The molecule has 0 radical (unpaired) electrons. The fourth-order valence-electron chi connectivity index (χ4n) is 3.43. The highest BCUT2D eigenvalue weighted by Gasteiger charge is 2.36. The first kappa shape index (κ1) is 20.5. The second-order valence-electron chi connectivity index (χ2n) is 8.61. The van der Waals surface area contributed by atoms with Crippen LogP contribution in [0.5, 0.6) is 0 Å². The first-order valence-corrected chi connectivity index (χ1v) is 9.39. The van der Waals surface area contributed by atoms with Crippen LogP contribution >= 0.6 is 12.4 Å². The molecule has 1 fully saturated rings. The van der Waals surface area contributed by atoms with Gasteiger partial charge in [0.25, 0.3) is 5.89 Å². The standard InChI is InChI=1S/C20H25N5O2.ClH/c1-19(2,3)12-15-22-16(24-26-15)13-6-8-14(9-7-13)17-23-18(25-27-17)20(21)10-4-5-11-20;/h6-9H,4-5,10-12,21H2,1-3H3;1H. The van der Waals surface area contributed by atoms with Crippen LogP contribution in [0.2, 0.25) is 0 Å². The Morgan fingerprint density at radius 3 is 2.25 bits per heavy atom. The maximum absolute atomic E-state index is 6.41. The molecule has 1 aliphatic carbocycles. The van der Waals surface area contributed by atoms with Crippen molar-refractivity contribution in [2.45, 2.75) is 58.4 Å². The van der Waals surface area contributed by atoms with E-state index in [0.717, 1.165) is 43.2 Å². The van der Waals surface area contributed by atoms with Crippen molar-refractivity contribution in [1.29, 1.82) is 0 Å². The van der Waals surface area contributed by atoms with E-state index in [1.807, 2.05) is 24.3 Å². The summed E-state index contributed by atoms with van der Waals surface area (Å²) in [6, 6.07) is 7.70. The molecule has 0 aliphatic heterocycles. The number of benzene rings is 1. The van der Waals surface area contributed by atoms with Gasteiger partial charge in [0.1, 0.15) is 0 Å². The second kappa shape index (κ2) is 7.64. The minimum Gasteiger partial charge on any atom is -0.339 e. The van der Waals surface area contributed by atoms with E-state index in [4.69, 9.17) is 14.8 Å². The van der Waals surface area contributed by atoms with Crippen molar-refractivity contribution in [2.24, 2.45) is 11.1 Å². The average molecular weight is 404 g/mol. The number of hydrogen-bond donors (Lipinski definition) is 1. The number of nitrogens with zero attached hydrogens (tertiary/aromatic N) is 4. The summed E-state index contributed by atoms with van der Waals surface area (Å²) in [5.41, 5.74) is 7.79. The fraction of sp³-hybridized carbons (Fsp3) is 0.500. The fourth-order valence-corrected chi connectivity index (χ4v) is 3.43. The average Bonchev–Trinajstić information content (AvgIpc) is 3.34. The molecule has 2 aromatic heterocycles.